The maximum absolute atomic E-state index is 12.0. The SMILES string of the molecule is NC1C(=O)N2C(C(=O)O)=C(C[n+]3ccn4c(SCCO)ccc4c3)CS[C@H]12. The number of carboxylic acid groups (broad SMARTS) is 1. The molecule has 0 bridgehead atoms. The van der Waals surface area contributed by atoms with E-state index < -0.39 is 12.0 Å². The first-order valence-corrected chi connectivity index (χ1v) is 10.4. The van der Waals surface area contributed by atoms with Gasteiger partial charge in [-0.3, -0.25) is 9.69 Å². The highest BCUT2D eigenvalue weighted by Crippen LogP contribution is 2.39. The molecule has 2 aliphatic rings. The molecule has 10 heteroatoms. The molecule has 2 aromatic heterocycles. The van der Waals surface area contributed by atoms with Gasteiger partial charge in [0, 0.05) is 17.1 Å². The Morgan fingerprint density at radius 1 is 1.44 bits per heavy atom. The monoisotopic (exact) mass is 407 g/mol. The van der Waals surface area contributed by atoms with Gasteiger partial charge in [-0.15, -0.1) is 23.5 Å². The van der Waals surface area contributed by atoms with Crippen molar-refractivity contribution in [3.63, 3.8) is 0 Å². The van der Waals surface area contributed by atoms with Crippen LogP contribution in [0.3, 0.4) is 0 Å². The summed E-state index contributed by atoms with van der Waals surface area (Å²) in [4.78, 5) is 25.1. The van der Waals surface area contributed by atoms with E-state index >= 15 is 0 Å². The number of carbonyl (C=O) groups excluding carboxylic acids is 1. The molecule has 0 aromatic carbocycles. The molecular weight excluding hydrogens is 388 g/mol. The number of fused-ring (bicyclic) bond motifs is 2. The van der Waals surface area contributed by atoms with Crippen LogP contribution in [0.15, 0.2) is 47.0 Å². The van der Waals surface area contributed by atoms with Crippen LogP contribution in [0.2, 0.25) is 0 Å². The minimum Gasteiger partial charge on any atom is -0.477 e. The van der Waals surface area contributed by atoms with Crippen LogP contribution < -0.4 is 10.3 Å². The Bertz CT molecular complexity index is 958. The lowest BCUT2D eigenvalue weighted by Crippen LogP contribution is -2.68. The molecule has 4 N–H and O–H groups in total. The second kappa shape index (κ2) is 7.19. The van der Waals surface area contributed by atoms with Crippen molar-refractivity contribution in [1.82, 2.24) is 9.30 Å². The van der Waals surface area contributed by atoms with Crippen LogP contribution in [0, 0.1) is 0 Å². The van der Waals surface area contributed by atoms with Gasteiger partial charge in [0.25, 0.3) is 0 Å². The Hall–Kier alpha value is -2.01. The van der Waals surface area contributed by atoms with Crippen LogP contribution in [-0.2, 0) is 16.1 Å². The minimum absolute atomic E-state index is 0.0624. The van der Waals surface area contributed by atoms with Crippen molar-refractivity contribution >= 4 is 40.9 Å². The average molecular weight is 407 g/mol. The smallest absolute Gasteiger partial charge is 0.352 e. The third-order valence-corrected chi connectivity index (χ3v) is 7.00. The van der Waals surface area contributed by atoms with Crippen molar-refractivity contribution in [2.75, 3.05) is 18.1 Å². The first-order valence-electron chi connectivity index (χ1n) is 8.40. The predicted octanol–water partition coefficient (Wildman–Crippen LogP) is -0.108. The molecule has 0 saturated carbocycles. The number of aliphatic carboxylic acids is 1. The summed E-state index contributed by atoms with van der Waals surface area (Å²) in [6.45, 7) is 0.509. The van der Waals surface area contributed by atoms with Gasteiger partial charge in [0.2, 0.25) is 5.91 Å². The molecular formula is C17H19N4O4S2+. The molecule has 0 radical (unpaired) electrons. The third-order valence-electron chi connectivity index (χ3n) is 4.62. The lowest BCUT2D eigenvalue weighted by Gasteiger charge is -2.47. The quantitative estimate of drug-likeness (QED) is 0.348. The standard InChI is InChI=1S/C17H18N4O4S2/c18-13-15(23)21-14(17(24)25)10(9-27-16(13)21)7-19-3-4-20-11(8-19)1-2-12(20)26-6-5-22/h1-4,8,13,16,22H,5-7,9,18H2/p+1/t13?,16-/m1/s1. The zero-order chi connectivity index (χ0) is 19.1. The summed E-state index contributed by atoms with van der Waals surface area (Å²) < 4.78 is 3.94. The van der Waals surface area contributed by atoms with E-state index in [4.69, 9.17) is 10.8 Å². The van der Waals surface area contributed by atoms with E-state index in [1.807, 2.05) is 39.7 Å². The number of carboxylic acids is 1. The second-order valence-electron chi connectivity index (χ2n) is 6.33. The lowest BCUT2D eigenvalue weighted by molar-refractivity contribution is -0.688. The summed E-state index contributed by atoms with van der Waals surface area (Å²) in [5.74, 6) is -0.275. The first-order chi connectivity index (χ1) is 13.0. The van der Waals surface area contributed by atoms with E-state index in [1.54, 1.807) is 11.8 Å². The summed E-state index contributed by atoms with van der Waals surface area (Å²) >= 11 is 3.07. The molecule has 1 saturated heterocycles. The molecule has 1 unspecified atom stereocenters. The predicted molar refractivity (Wildman–Crippen MR) is 101 cm³/mol. The fourth-order valence-corrected chi connectivity index (χ4v) is 5.41. The molecule has 142 valence electrons. The summed E-state index contributed by atoms with van der Waals surface area (Å²) in [6, 6.07) is 3.35. The highest BCUT2D eigenvalue weighted by Gasteiger charge is 2.52. The van der Waals surface area contributed by atoms with E-state index in [9.17, 15) is 14.7 Å². The number of aliphatic hydroxyl groups is 1. The summed E-state index contributed by atoms with van der Waals surface area (Å²) in [7, 11) is 0. The number of thioether (sulfide) groups is 2. The van der Waals surface area contributed by atoms with Gasteiger partial charge in [0.1, 0.15) is 22.6 Å². The van der Waals surface area contributed by atoms with Crippen molar-refractivity contribution in [3.05, 3.63) is 42.0 Å². The zero-order valence-corrected chi connectivity index (χ0v) is 15.9. The average Bonchev–Trinajstić information content (AvgIpc) is 3.07. The fourth-order valence-electron chi connectivity index (χ4n) is 3.36. The van der Waals surface area contributed by atoms with Gasteiger partial charge in [0.05, 0.1) is 17.8 Å². The number of hydrogen-bond acceptors (Lipinski definition) is 6. The van der Waals surface area contributed by atoms with E-state index in [0.29, 0.717) is 23.6 Å². The molecule has 8 nitrogen and oxygen atoms in total. The Morgan fingerprint density at radius 2 is 2.26 bits per heavy atom. The lowest BCUT2D eigenvalue weighted by atomic mass is 10.0. The Labute approximate surface area is 163 Å². The zero-order valence-electron chi connectivity index (χ0n) is 14.3. The Kier molecular flexibility index (Phi) is 4.89. The Balaban J connectivity index is 1.62. The molecule has 27 heavy (non-hydrogen) atoms. The molecule has 0 spiro atoms. The number of β-lactam (4-membered cyclic amide) rings is 1. The molecule has 4 heterocycles. The van der Waals surface area contributed by atoms with E-state index in [2.05, 4.69) is 0 Å². The number of aliphatic hydroxyl groups excluding tert-OH is 1. The summed E-state index contributed by atoms with van der Waals surface area (Å²) in [5, 5.41) is 19.4. The number of rotatable bonds is 6. The highest BCUT2D eigenvalue weighted by atomic mass is 32.2. The van der Waals surface area contributed by atoms with Gasteiger partial charge in [-0.2, -0.15) is 4.57 Å². The van der Waals surface area contributed by atoms with Crippen molar-refractivity contribution in [1.29, 1.82) is 0 Å². The highest BCUT2D eigenvalue weighted by molar-refractivity contribution is 8.00. The Morgan fingerprint density at radius 3 is 3.00 bits per heavy atom. The maximum Gasteiger partial charge on any atom is 0.352 e. The third kappa shape index (κ3) is 3.12. The largest absolute Gasteiger partial charge is 0.477 e. The molecule has 1 amide bonds. The van der Waals surface area contributed by atoms with Gasteiger partial charge in [-0.25, -0.2) is 4.79 Å². The van der Waals surface area contributed by atoms with Gasteiger partial charge < -0.3 is 20.3 Å². The van der Waals surface area contributed by atoms with Crippen molar-refractivity contribution < 1.29 is 24.4 Å². The summed E-state index contributed by atoms with van der Waals surface area (Å²) in [5.41, 5.74) is 7.51. The normalized spacial score (nSPS) is 22.1. The number of amides is 1. The second-order valence-corrected chi connectivity index (χ2v) is 8.55. The van der Waals surface area contributed by atoms with Crippen molar-refractivity contribution in [2.24, 2.45) is 5.73 Å². The van der Waals surface area contributed by atoms with Crippen LogP contribution in [0.1, 0.15) is 0 Å². The number of nitrogens with zero attached hydrogens (tertiary/aromatic N) is 3. The van der Waals surface area contributed by atoms with Crippen molar-refractivity contribution in [2.45, 2.75) is 23.0 Å². The molecule has 4 rings (SSSR count). The number of carbonyl (C=O) groups is 2. The topological polar surface area (TPSA) is 112 Å². The van der Waals surface area contributed by atoms with Crippen molar-refractivity contribution in [3.8, 4) is 0 Å². The number of nitrogens with two attached hydrogens (primary N) is 1. The molecule has 2 aliphatic heterocycles. The van der Waals surface area contributed by atoms with Gasteiger partial charge >= 0.3 is 5.97 Å². The molecule has 2 atom stereocenters. The van der Waals surface area contributed by atoms with E-state index in [1.165, 1.54) is 16.7 Å². The van der Waals surface area contributed by atoms with Crippen LogP contribution in [-0.4, -0.2) is 60.9 Å². The minimum atomic E-state index is -1.09. The van der Waals surface area contributed by atoms with Crippen LogP contribution in [0.4, 0.5) is 0 Å². The molecule has 0 aliphatic carbocycles. The van der Waals surface area contributed by atoms with Gasteiger partial charge in [-0.05, 0) is 12.1 Å². The van der Waals surface area contributed by atoms with Crippen LogP contribution in [0.5, 0.6) is 0 Å². The fraction of sp³-hybridized carbons (Fsp3) is 0.353. The number of hydrogen-bond donors (Lipinski definition) is 3. The molecule has 2 aromatic rings. The summed E-state index contributed by atoms with van der Waals surface area (Å²) in [6.07, 6.45) is 5.73. The first kappa shape index (κ1) is 18.4. The van der Waals surface area contributed by atoms with E-state index in [0.717, 1.165) is 10.5 Å². The van der Waals surface area contributed by atoms with E-state index in [-0.39, 0.29) is 23.6 Å². The van der Waals surface area contributed by atoms with Crippen LogP contribution >= 0.6 is 23.5 Å². The van der Waals surface area contributed by atoms with Gasteiger partial charge in [-0.1, -0.05) is 0 Å². The van der Waals surface area contributed by atoms with Gasteiger partial charge in [0.15, 0.2) is 18.9 Å². The number of aromatic nitrogens is 2. The molecule has 1 fully saturated rings. The maximum atomic E-state index is 12.0. The van der Waals surface area contributed by atoms with Crippen LogP contribution in [0.25, 0.3) is 5.52 Å².